The Morgan fingerprint density at radius 1 is 1.62 bits per heavy atom. The molecule has 1 heterocycles. The maximum atomic E-state index is 4.69. The lowest BCUT2D eigenvalue weighted by atomic mass is 10.5. The molecule has 44 valence electrons. The second kappa shape index (κ2) is 1.94. The van der Waals surface area contributed by atoms with Crippen LogP contribution >= 0.6 is 0 Å². The second-order valence-electron chi connectivity index (χ2n) is 1.58. The van der Waals surface area contributed by atoms with Gasteiger partial charge in [-0.2, -0.15) is 4.98 Å². The quantitative estimate of drug-likeness (QED) is 0.542. The van der Waals surface area contributed by atoms with Gasteiger partial charge in [0.2, 0.25) is 5.89 Å². The first-order valence-corrected chi connectivity index (χ1v) is 2.62. The molecule has 0 saturated heterocycles. The molecule has 1 rings (SSSR count). The van der Waals surface area contributed by atoms with Crippen molar-refractivity contribution in [1.82, 2.24) is 10.1 Å². The fraction of sp³-hybridized carbons (Fsp3) is 0.600. The van der Waals surface area contributed by atoms with Crippen LogP contribution in [0.15, 0.2) is 4.52 Å². The number of hydrogen-bond acceptors (Lipinski definition) is 3. The monoisotopic (exact) mass is 112 g/mol. The Bertz CT molecular complexity index is 171. The van der Waals surface area contributed by atoms with Crippen molar-refractivity contribution in [2.45, 2.75) is 20.3 Å². The maximum Gasteiger partial charge on any atom is 0.223 e. The fourth-order valence-electron chi connectivity index (χ4n) is 0.485. The number of aromatic nitrogens is 2. The van der Waals surface area contributed by atoms with Crippen LogP contribution in [-0.4, -0.2) is 10.1 Å². The third-order valence-corrected chi connectivity index (χ3v) is 0.886. The lowest BCUT2D eigenvalue weighted by Crippen LogP contribution is -1.80. The molecule has 0 radical (unpaired) electrons. The van der Waals surface area contributed by atoms with E-state index in [4.69, 9.17) is 4.52 Å². The largest absolute Gasteiger partial charge is 0.340 e. The van der Waals surface area contributed by atoms with E-state index in [-0.39, 0.29) is 0 Å². The summed E-state index contributed by atoms with van der Waals surface area (Å²) in [5, 5.41) is 3.65. The van der Waals surface area contributed by atoms with E-state index in [2.05, 4.69) is 10.1 Å². The van der Waals surface area contributed by atoms with Crippen LogP contribution in [0, 0.1) is 6.92 Å². The number of nitrogens with zero attached hydrogens (tertiary/aromatic N) is 2. The van der Waals surface area contributed by atoms with Gasteiger partial charge >= 0.3 is 0 Å². The third kappa shape index (κ3) is 0.857. The summed E-state index contributed by atoms with van der Waals surface area (Å²) in [5.74, 6) is 1.42. The second-order valence-corrected chi connectivity index (χ2v) is 1.58. The Hall–Kier alpha value is -0.860. The minimum Gasteiger partial charge on any atom is -0.340 e. The highest BCUT2D eigenvalue weighted by atomic mass is 16.5. The average molecular weight is 112 g/mol. The molecule has 0 aliphatic rings. The molecule has 8 heavy (non-hydrogen) atoms. The van der Waals surface area contributed by atoms with Crippen LogP contribution in [-0.2, 0) is 6.42 Å². The highest BCUT2D eigenvalue weighted by molar-refractivity contribution is 4.81. The van der Waals surface area contributed by atoms with E-state index in [1.165, 1.54) is 0 Å². The Labute approximate surface area is 47.7 Å². The maximum absolute atomic E-state index is 4.69. The molecule has 0 atom stereocenters. The number of rotatable bonds is 1. The first-order chi connectivity index (χ1) is 3.83. The number of hydrogen-bond donors (Lipinski definition) is 0. The molecule has 1 aromatic rings. The van der Waals surface area contributed by atoms with Gasteiger partial charge in [-0.3, -0.25) is 0 Å². The lowest BCUT2D eigenvalue weighted by Gasteiger charge is -1.73. The Balaban J connectivity index is 2.84. The van der Waals surface area contributed by atoms with Gasteiger partial charge in [0, 0.05) is 13.3 Å². The molecule has 0 aliphatic carbocycles. The lowest BCUT2D eigenvalue weighted by molar-refractivity contribution is 0.388. The summed E-state index contributed by atoms with van der Waals surface area (Å²) in [4.78, 5) is 3.95. The van der Waals surface area contributed by atoms with E-state index >= 15 is 0 Å². The van der Waals surface area contributed by atoms with Crippen molar-refractivity contribution in [2.75, 3.05) is 0 Å². The van der Waals surface area contributed by atoms with Gasteiger partial charge in [0.15, 0.2) is 5.82 Å². The topological polar surface area (TPSA) is 38.9 Å². The highest BCUT2D eigenvalue weighted by Crippen LogP contribution is 1.93. The summed E-state index contributed by atoms with van der Waals surface area (Å²) in [7, 11) is 0. The Morgan fingerprint density at radius 2 is 2.38 bits per heavy atom. The summed E-state index contributed by atoms with van der Waals surface area (Å²) in [5.41, 5.74) is 0. The SMILES string of the molecule is CCc1noc(C)n1. The van der Waals surface area contributed by atoms with Crippen LogP contribution in [0.5, 0.6) is 0 Å². The molecular weight excluding hydrogens is 104 g/mol. The molecule has 0 aliphatic heterocycles. The van der Waals surface area contributed by atoms with Gasteiger partial charge in [-0.25, -0.2) is 0 Å². The molecule has 0 spiro atoms. The highest BCUT2D eigenvalue weighted by Gasteiger charge is 1.95. The smallest absolute Gasteiger partial charge is 0.223 e. The van der Waals surface area contributed by atoms with Gasteiger partial charge in [-0.05, 0) is 0 Å². The zero-order valence-electron chi connectivity index (χ0n) is 5.01. The van der Waals surface area contributed by atoms with E-state index in [0.717, 1.165) is 12.2 Å². The Morgan fingerprint density at radius 3 is 2.62 bits per heavy atom. The molecule has 0 saturated carbocycles. The minimum absolute atomic E-state index is 0.641. The van der Waals surface area contributed by atoms with Gasteiger partial charge in [-0.15, -0.1) is 0 Å². The van der Waals surface area contributed by atoms with E-state index in [0.29, 0.717) is 5.89 Å². The van der Waals surface area contributed by atoms with Crippen LogP contribution in [0.1, 0.15) is 18.6 Å². The zero-order chi connectivity index (χ0) is 5.98. The van der Waals surface area contributed by atoms with Crippen LogP contribution in [0.3, 0.4) is 0 Å². The summed E-state index contributed by atoms with van der Waals surface area (Å²) in [6, 6.07) is 0. The number of aryl methyl sites for hydroxylation is 2. The molecule has 0 unspecified atom stereocenters. The predicted molar refractivity (Wildman–Crippen MR) is 28.4 cm³/mol. The summed E-state index contributed by atoms with van der Waals surface area (Å²) in [6.07, 6.45) is 0.845. The zero-order valence-corrected chi connectivity index (χ0v) is 5.01. The van der Waals surface area contributed by atoms with Crippen LogP contribution < -0.4 is 0 Å². The normalized spacial score (nSPS) is 9.75. The summed E-state index contributed by atoms with van der Waals surface area (Å²) < 4.78 is 4.69. The molecular formula is C5H8N2O. The molecule has 0 N–H and O–H groups in total. The molecule has 0 amide bonds. The predicted octanol–water partition coefficient (Wildman–Crippen LogP) is 0.940. The van der Waals surface area contributed by atoms with Gasteiger partial charge in [0.05, 0.1) is 0 Å². The van der Waals surface area contributed by atoms with E-state index in [1.54, 1.807) is 6.92 Å². The van der Waals surface area contributed by atoms with Crippen molar-refractivity contribution in [2.24, 2.45) is 0 Å². The van der Waals surface area contributed by atoms with Crippen LogP contribution in [0.25, 0.3) is 0 Å². The summed E-state index contributed by atoms with van der Waals surface area (Å²) in [6.45, 7) is 3.77. The molecule has 3 heteroatoms. The van der Waals surface area contributed by atoms with Gasteiger partial charge in [-0.1, -0.05) is 12.1 Å². The van der Waals surface area contributed by atoms with E-state index in [1.807, 2.05) is 6.92 Å². The van der Waals surface area contributed by atoms with Crippen molar-refractivity contribution in [3.63, 3.8) is 0 Å². The molecule has 1 aromatic heterocycles. The van der Waals surface area contributed by atoms with Crippen molar-refractivity contribution < 1.29 is 4.52 Å². The first-order valence-electron chi connectivity index (χ1n) is 2.62. The van der Waals surface area contributed by atoms with Crippen LogP contribution in [0.2, 0.25) is 0 Å². The van der Waals surface area contributed by atoms with E-state index in [9.17, 15) is 0 Å². The fourth-order valence-corrected chi connectivity index (χ4v) is 0.485. The molecule has 0 bridgehead atoms. The molecule has 3 nitrogen and oxygen atoms in total. The van der Waals surface area contributed by atoms with Gasteiger partial charge in [0.1, 0.15) is 0 Å². The first kappa shape index (κ1) is 5.28. The standard InChI is InChI=1S/C5H8N2O/c1-3-5-6-4(2)8-7-5/h3H2,1-2H3. The van der Waals surface area contributed by atoms with Crippen molar-refractivity contribution in [3.8, 4) is 0 Å². The van der Waals surface area contributed by atoms with Crippen LogP contribution in [0.4, 0.5) is 0 Å². The van der Waals surface area contributed by atoms with Gasteiger partial charge < -0.3 is 4.52 Å². The third-order valence-electron chi connectivity index (χ3n) is 0.886. The summed E-state index contributed by atoms with van der Waals surface area (Å²) >= 11 is 0. The average Bonchev–Trinajstić information content (AvgIpc) is 2.14. The van der Waals surface area contributed by atoms with E-state index < -0.39 is 0 Å². The molecule has 0 fully saturated rings. The van der Waals surface area contributed by atoms with Crippen molar-refractivity contribution in [3.05, 3.63) is 11.7 Å². The van der Waals surface area contributed by atoms with Crippen molar-refractivity contribution >= 4 is 0 Å². The van der Waals surface area contributed by atoms with Crippen molar-refractivity contribution in [1.29, 1.82) is 0 Å². The molecule has 0 aromatic carbocycles. The minimum atomic E-state index is 0.641. The van der Waals surface area contributed by atoms with Gasteiger partial charge in [0.25, 0.3) is 0 Å². The Kier molecular flexibility index (Phi) is 1.28.